The fraction of sp³-hybridized carbons (Fsp3) is 0.318. The van der Waals surface area contributed by atoms with Gasteiger partial charge in [0.2, 0.25) is 0 Å². The lowest BCUT2D eigenvalue weighted by Crippen LogP contribution is -2.14. The molecule has 0 saturated heterocycles. The van der Waals surface area contributed by atoms with Gasteiger partial charge >= 0.3 is 5.97 Å². The monoisotopic (exact) mass is 365 g/mol. The second kappa shape index (κ2) is 7.45. The fourth-order valence-electron chi connectivity index (χ4n) is 3.97. The van der Waals surface area contributed by atoms with E-state index in [-0.39, 0.29) is 12.5 Å². The number of para-hydroxylation sites is 1. The highest BCUT2D eigenvalue weighted by molar-refractivity contribution is 5.82. The Hall–Kier alpha value is -2.79. The number of furan rings is 1. The van der Waals surface area contributed by atoms with Crippen LogP contribution in [0.25, 0.3) is 11.0 Å². The summed E-state index contributed by atoms with van der Waals surface area (Å²) in [6.45, 7) is 0.378. The summed E-state index contributed by atoms with van der Waals surface area (Å²) in [5.74, 6) is 0.148. The van der Waals surface area contributed by atoms with Gasteiger partial charge < -0.3 is 20.0 Å². The molecule has 2 atom stereocenters. The molecule has 2 unspecified atom stereocenters. The molecule has 0 spiro atoms. The Labute approximate surface area is 157 Å². The van der Waals surface area contributed by atoms with E-state index in [9.17, 15) is 4.79 Å². The van der Waals surface area contributed by atoms with E-state index < -0.39 is 5.97 Å². The van der Waals surface area contributed by atoms with Gasteiger partial charge in [-0.2, -0.15) is 0 Å². The number of hydrogen-bond donors (Lipinski definition) is 2. The van der Waals surface area contributed by atoms with E-state index >= 15 is 0 Å². The Morgan fingerprint density at radius 2 is 2.07 bits per heavy atom. The van der Waals surface area contributed by atoms with Gasteiger partial charge in [0.25, 0.3) is 0 Å². The third kappa shape index (κ3) is 3.83. The molecule has 0 radical (unpaired) electrons. The third-order valence-corrected chi connectivity index (χ3v) is 5.26. The molecule has 5 nitrogen and oxygen atoms in total. The Kier molecular flexibility index (Phi) is 4.86. The van der Waals surface area contributed by atoms with E-state index in [4.69, 9.17) is 20.0 Å². The standard InChI is InChI=1S/C22H23NO4/c23-18-6-5-15(11-18)19-10-14(9-17-7-8-26-22(17)19)13-27-20-4-2-1-3-16(20)12-21(24)25/h1-4,7-10,15,18H,5-6,11-13,23H2,(H,24,25). The number of hydrogen-bond acceptors (Lipinski definition) is 4. The van der Waals surface area contributed by atoms with Crippen molar-refractivity contribution >= 4 is 16.9 Å². The van der Waals surface area contributed by atoms with Crippen LogP contribution in [0, 0.1) is 0 Å². The van der Waals surface area contributed by atoms with Crippen molar-refractivity contribution in [3.63, 3.8) is 0 Å². The van der Waals surface area contributed by atoms with Crippen LogP contribution in [0.3, 0.4) is 0 Å². The lowest BCUT2D eigenvalue weighted by molar-refractivity contribution is -0.136. The summed E-state index contributed by atoms with van der Waals surface area (Å²) in [4.78, 5) is 11.1. The van der Waals surface area contributed by atoms with Crippen LogP contribution < -0.4 is 10.5 Å². The Bertz CT molecular complexity index is 962. The predicted molar refractivity (Wildman–Crippen MR) is 103 cm³/mol. The fourth-order valence-corrected chi connectivity index (χ4v) is 3.97. The maximum absolute atomic E-state index is 11.1. The zero-order valence-electron chi connectivity index (χ0n) is 15.1. The van der Waals surface area contributed by atoms with Gasteiger partial charge in [0.05, 0.1) is 12.7 Å². The van der Waals surface area contributed by atoms with Crippen LogP contribution in [0.1, 0.15) is 41.9 Å². The molecule has 3 N–H and O–H groups in total. The van der Waals surface area contributed by atoms with Crippen molar-refractivity contribution in [2.45, 2.75) is 44.2 Å². The Morgan fingerprint density at radius 3 is 2.85 bits per heavy atom. The number of carboxylic acid groups (broad SMARTS) is 1. The molecule has 0 bridgehead atoms. The van der Waals surface area contributed by atoms with Gasteiger partial charge in [-0.05, 0) is 60.6 Å². The van der Waals surface area contributed by atoms with E-state index in [1.54, 1.807) is 12.3 Å². The van der Waals surface area contributed by atoms with Crippen molar-refractivity contribution in [3.8, 4) is 5.75 Å². The van der Waals surface area contributed by atoms with Crippen molar-refractivity contribution < 1.29 is 19.1 Å². The minimum atomic E-state index is -0.870. The predicted octanol–water partition coefficient (Wildman–Crippen LogP) is 4.23. The molecule has 27 heavy (non-hydrogen) atoms. The smallest absolute Gasteiger partial charge is 0.307 e. The number of rotatable bonds is 6. The zero-order chi connectivity index (χ0) is 18.8. The molecule has 1 fully saturated rings. The number of nitrogens with two attached hydrogens (primary N) is 1. The van der Waals surface area contributed by atoms with Crippen LogP contribution in [-0.2, 0) is 17.8 Å². The maximum atomic E-state index is 11.1. The van der Waals surface area contributed by atoms with Gasteiger partial charge in [-0.1, -0.05) is 18.2 Å². The highest BCUT2D eigenvalue weighted by Crippen LogP contribution is 2.38. The summed E-state index contributed by atoms with van der Waals surface area (Å²) < 4.78 is 11.7. The van der Waals surface area contributed by atoms with Crippen LogP contribution in [0.4, 0.5) is 0 Å². The molecule has 4 rings (SSSR count). The number of ether oxygens (including phenoxy) is 1. The highest BCUT2D eigenvalue weighted by atomic mass is 16.5. The molecular formula is C22H23NO4. The average Bonchev–Trinajstić information content (AvgIpc) is 3.28. The number of carboxylic acids is 1. The van der Waals surface area contributed by atoms with Crippen LogP contribution in [0.2, 0.25) is 0 Å². The Balaban J connectivity index is 1.59. The van der Waals surface area contributed by atoms with Crippen LogP contribution in [0.15, 0.2) is 53.1 Å². The quantitative estimate of drug-likeness (QED) is 0.683. The second-order valence-electron chi connectivity index (χ2n) is 7.26. The summed E-state index contributed by atoms with van der Waals surface area (Å²) in [6, 6.07) is 13.7. The lowest BCUT2D eigenvalue weighted by Gasteiger charge is -2.14. The topological polar surface area (TPSA) is 85.7 Å². The van der Waals surface area contributed by atoms with Gasteiger partial charge in [-0.25, -0.2) is 0 Å². The van der Waals surface area contributed by atoms with Crippen molar-refractivity contribution in [3.05, 3.63) is 65.4 Å². The summed E-state index contributed by atoms with van der Waals surface area (Å²) in [5, 5.41) is 10.1. The molecule has 1 heterocycles. The molecule has 0 aliphatic heterocycles. The minimum absolute atomic E-state index is 0.0534. The number of aliphatic carboxylic acids is 1. The molecule has 140 valence electrons. The van der Waals surface area contributed by atoms with Crippen LogP contribution in [0.5, 0.6) is 5.75 Å². The molecule has 1 aliphatic carbocycles. The van der Waals surface area contributed by atoms with Crippen molar-refractivity contribution in [2.75, 3.05) is 0 Å². The molecule has 1 aromatic heterocycles. The van der Waals surface area contributed by atoms with Gasteiger partial charge in [0.1, 0.15) is 17.9 Å². The SMILES string of the molecule is NC1CCC(c2cc(COc3ccccc3CC(=O)O)cc3ccoc23)C1. The van der Waals surface area contributed by atoms with E-state index in [1.165, 1.54) is 5.56 Å². The highest BCUT2D eigenvalue weighted by Gasteiger charge is 2.26. The van der Waals surface area contributed by atoms with Crippen LogP contribution in [-0.4, -0.2) is 17.1 Å². The van der Waals surface area contributed by atoms with Gasteiger partial charge in [0, 0.05) is 17.0 Å². The molecule has 3 aromatic rings. The second-order valence-corrected chi connectivity index (χ2v) is 7.26. The van der Waals surface area contributed by atoms with Gasteiger partial charge in [-0.15, -0.1) is 0 Å². The molecule has 0 amide bonds. The van der Waals surface area contributed by atoms with Crippen molar-refractivity contribution in [1.29, 1.82) is 0 Å². The van der Waals surface area contributed by atoms with E-state index in [1.807, 2.05) is 24.3 Å². The van der Waals surface area contributed by atoms with E-state index in [0.717, 1.165) is 35.8 Å². The van der Waals surface area contributed by atoms with Crippen molar-refractivity contribution in [2.24, 2.45) is 5.73 Å². The molecule has 5 heteroatoms. The Morgan fingerprint density at radius 1 is 1.22 bits per heavy atom. The van der Waals surface area contributed by atoms with Gasteiger partial charge in [-0.3, -0.25) is 4.79 Å². The molecule has 1 aliphatic rings. The van der Waals surface area contributed by atoms with E-state index in [0.29, 0.717) is 23.8 Å². The molecule has 2 aromatic carbocycles. The number of fused-ring (bicyclic) bond motifs is 1. The average molecular weight is 365 g/mol. The third-order valence-electron chi connectivity index (χ3n) is 5.26. The minimum Gasteiger partial charge on any atom is -0.489 e. The number of benzene rings is 2. The maximum Gasteiger partial charge on any atom is 0.307 e. The number of carbonyl (C=O) groups is 1. The van der Waals surface area contributed by atoms with Crippen molar-refractivity contribution in [1.82, 2.24) is 0 Å². The summed E-state index contributed by atoms with van der Waals surface area (Å²) in [7, 11) is 0. The summed E-state index contributed by atoms with van der Waals surface area (Å²) >= 11 is 0. The summed E-state index contributed by atoms with van der Waals surface area (Å²) in [6.07, 6.45) is 4.75. The molecular weight excluding hydrogens is 342 g/mol. The first kappa shape index (κ1) is 17.6. The normalized spacial score (nSPS) is 19.4. The van der Waals surface area contributed by atoms with E-state index in [2.05, 4.69) is 12.1 Å². The van der Waals surface area contributed by atoms with Gasteiger partial charge in [0.15, 0.2) is 0 Å². The first-order valence-corrected chi connectivity index (χ1v) is 9.28. The lowest BCUT2D eigenvalue weighted by atomic mass is 9.94. The zero-order valence-corrected chi connectivity index (χ0v) is 15.1. The first-order chi connectivity index (χ1) is 13.1. The first-order valence-electron chi connectivity index (χ1n) is 9.28. The van der Waals surface area contributed by atoms with Crippen LogP contribution >= 0.6 is 0 Å². The summed E-state index contributed by atoms with van der Waals surface area (Å²) in [5.41, 5.74) is 9.96. The molecule has 1 saturated carbocycles. The largest absolute Gasteiger partial charge is 0.489 e.